The highest BCUT2D eigenvalue weighted by Crippen LogP contribution is 2.23. The number of carbonyl (C=O) groups is 1. The van der Waals surface area contributed by atoms with Crippen molar-refractivity contribution in [3.8, 4) is 5.75 Å². The fourth-order valence-corrected chi connectivity index (χ4v) is 2.46. The molecule has 28 heavy (non-hydrogen) atoms. The molecule has 6 heteroatoms. The van der Waals surface area contributed by atoms with Crippen LogP contribution in [0, 0.1) is 0 Å². The summed E-state index contributed by atoms with van der Waals surface area (Å²) in [7, 11) is 0. The minimum atomic E-state index is -0.280. The topological polar surface area (TPSA) is 74.8 Å². The van der Waals surface area contributed by atoms with Crippen molar-refractivity contribution in [1.29, 1.82) is 0 Å². The molecule has 2 rings (SSSR count). The van der Waals surface area contributed by atoms with E-state index in [9.17, 15) is 4.79 Å². The molecule has 150 valence electrons. The number of guanidine groups is 1. The monoisotopic (exact) mass is 382 g/mol. The minimum Gasteiger partial charge on any atom is -0.488 e. The van der Waals surface area contributed by atoms with Gasteiger partial charge in [0.15, 0.2) is 5.96 Å². The van der Waals surface area contributed by atoms with Gasteiger partial charge in [0, 0.05) is 17.8 Å². The number of carbonyl (C=O) groups excluding carboxylic acids is 1. The Labute approximate surface area is 167 Å². The molecule has 0 atom stereocenters. The van der Waals surface area contributed by atoms with E-state index in [4.69, 9.17) is 4.74 Å². The quantitative estimate of drug-likeness (QED) is 0.506. The van der Waals surface area contributed by atoms with E-state index in [-0.39, 0.29) is 18.1 Å². The highest BCUT2D eigenvalue weighted by atomic mass is 16.5. The van der Waals surface area contributed by atoms with E-state index in [1.807, 2.05) is 82.3 Å². The zero-order chi connectivity index (χ0) is 20.4. The molecule has 0 aromatic heterocycles. The van der Waals surface area contributed by atoms with Gasteiger partial charge in [-0.3, -0.25) is 4.79 Å². The van der Waals surface area contributed by atoms with Crippen molar-refractivity contribution in [2.24, 2.45) is 4.99 Å². The Morgan fingerprint density at radius 2 is 1.68 bits per heavy atom. The van der Waals surface area contributed by atoms with Crippen LogP contribution in [0.3, 0.4) is 0 Å². The fourth-order valence-electron chi connectivity index (χ4n) is 2.46. The maximum atomic E-state index is 12.1. The fraction of sp³-hybridized carbons (Fsp3) is 0.364. The molecule has 0 fully saturated rings. The summed E-state index contributed by atoms with van der Waals surface area (Å²) in [5.41, 5.74) is 1.48. The summed E-state index contributed by atoms with van der Waals surface area (Å²) in [6.45, 7) is 9.31. The van der Waals surface area contributed by atoms with Crippen LogP contribution in [0.1, 0.15) is 33.3 Å². The van der Waals surface area contributed by atoms with Crippen molar-refractivity contribution in [1.82, 2.24) is 10.6 Å². The molecule has 0 aliphatic rings. The molecule has 0 aliphatic heterocycles. The summed E-state index contributed by atoms with van der Waals surface area (Å²) >= 11 is 0. The van der Waals surface area contributed by atoms with Gasteiger partial charge in [-0.25, -0.2) is 4.99 Å². The van der Waals surface area contributed by atoms with E-state index >= 15 is 0 Å². The first-order valence-corrected chi connectivity index (χ1v) is 9.51. The van der Waals surface area contributed by atoms with E-state index in [2.05, 4.69) is 20.9 Å². The molecule has 0 saturated heterocycles. The molecular formula is C22H30N4O2. The van der Waals surface area contributed by atoms with E-state index in [0.717, 1.165) is 17.0 Å². The molecule has 1 amide bonds. The summed E-state index contributed by atoms with van der Waals surface area (Å²) < 4.78 is 6.02. The third-order valence-corrected chi connectivity index (χ3v) is 3.61. The minimum absolute atomic E-state index is 0.126. The van der Waals surface area contributed by atoms with Crippen molar-refractivity contribution in [2.45, 2.75) is 39.8 Å². The molecule has 2 aromatic rings. The number of benzene rings is 2. The Kier molecular flexibility index (Phi) is 7.87. The number of rotatable bonds is 7. The number of hydrogen-bond donors (Lipinski definition) is 3. The second-order valence-electron chi connectivity index (χ2n) is 7.29. The maximum absolute atomic E-state index is 12.1. The van der Waals surface area contributed by atoms with Crippen LogP contribution in [0.5, 0.6) is 5.75 Å². The highest BCUT2D eigenvalue weighted by Gasteiger charge is 2.14. The van der Waals surface area contributed by atoms with Crippen LogP contribution in [-0.2, 0) is 11.3 Å². The molecule has 2 aromatic carbocycles. The lowest BCUT2D eigenvalue weighted by atomic mass is 10.1. The zero-order valence-corrected chi connectivity index (χ0v) is 17.1. The van der Waals surface area contributed by atoms with Gasteiger partial charge in [-0.05, 0) is 45.9 Å². The van der Waals surface area contributed by atoms with Crippen molar-refractivity contribution < 1.29 is 9.53 Å². The summed E-state index contributed by atoms with van der Waals surface area (Å²) in [6, 6.07) is 17.2. The van der Waals surface area contributed by atoms with Gasteiger partial charge >= 0.3 is 0 Å². The average molecular weight is 383 g/mol. The van der Waals surface area contributed by atoms with Gasteiger partial charge in [-0.15, -0.1) is 0 Å². The van der Waals surface area contributed by atoms with Gasteiger partial charge in [-0.2, -0.15) is 0 Å². The van der Waals surface area contributed by atoms with E-state index in [1.165, 1.54) is 0 Å². The predicted octanol–water partition coefficient (Wildman–Crippen LogP) is 3.56. The van der Waals surface area contributed by atoms with Crippen LogP contribution in [0.4, 0.5) is 5.69 Å². The molecule has 3 N–H and O–H groups in total. The molecule has 0 heterocycles. The Morgan fingerprint density at radius 1 is 1.00 bits per heavy atom. The normalized spacial score (nSPS) is 11.6. The zero-order valence-electron chi connectivity index (χ0n) is 17.1. The van der Waals surface area contributed by atoms with Crippen LogP contribution < -0.4 is 20.7 Å². The lowest BCUT2D eigenvalue weighted by molar-refractivity contribution is -0.115. The lowest BCUT2D eigenvalue weighted by Crippen LogP contribution is -2.41. The molecule has 0 spiro atoms. The van der Waals surface area contributed by atoms with Crippen LogP contribution in [0.2, 0.25) is 0 Å². The molecular weight excluding hydrogens is 352 g/mol. The molecule has 0 bridgehead atoms. The third kappa shape index (κ3) is 7.70. The maximum Gasteiger partial charge on any atom is 0.243 e. The van der Waals surface area contributed by atoms with Gasteiger partial charge in [0.05, 0.1) is 13.1 Å². The van der Waals surface area contributed by atoms with E-state index < -0.39 is 0 Å². The number of para-hydroxylation sites is 2. The second kappa shape index (κ2) is 10.3. The SMILES string of the molecule is CCNC(=NCc1ccccc1OC(C)(C)C)NCC(=O)Nc1ccccc1. The van der Waals surface area contributed by atoms with Crippen LogP contribution in [0.15, 0.2) is 59.6 Å². The smallest absolute Gasteiger partial charge is 0.243 e. The first-order valence-electron chi connectivity index (χ1n) is 9.51. The van der Waals surface area contributed by atoms with Crippen molar-refractivity contribution in [3.05, 3.63) is 60.2 Å². The van der Waals surface area contributed by atoms with Crippen LogP contribution in [0.25, 0.3) is 0 Å². The molecule has 0 saturated carbocycles. The van der Waals surface area contributed by atoms with Gasteiger partial charge < -0.3 is 20.7 Å². The number of hydrogen-bond acceptors (Lipinski definition) is 3. The standard InChI is InChI=1S/C22H30N4O2/c1-5-23-21(25-16-20(27)26-18-12-7-6-8-13-18)24-15-17-11-9-10-14-19(17)28-22(2,3)4/h6-14H,5,15-16H2,1-4H3,(H,26,27)(H2,23,24,25). The third-order valence-electron chi connectivity index (χ3n) is 3.61. The van der Waals surface area contributed by atoms with Crippen LogP contribution >= 0.6 is 0 Å². The van der Waals surface area contributed by atoms with Crippen molar-refractivity contribution >= 4 is 17.6 Å². The van der Waals surface area contributed by atoms with E-state index in [1.54, 1.807) is 0 Å². The Balaban J connectivity index is 1.98. The van der Waals surface area contributed by atoms with Gasteiger partial charge in [0.1, 0.15) is 11.4 Å². The number of ether oxygens (including phenoxy) is 1. The molecule has 0 aliphatic carbocycles. The lowest BCUT2D eigenvalue weighted by Gasteiger charge is -2.23. The summed E-state index contributed by atoms with van der Waals surface area (Å²) in [4.78, 5) is 16.7. The number of nitrogens with zero attached hydrogens (tertiary/aromatic N) is 1. The Hall–Kier alpha value is -3.02. The van der Waals surface area contributed by atoms with Crippen molar-refractivity contribution in [3.63, 3.8) is 0 Å². The predicted molar refractivity (Wildman–Crippen MR) is 115 cm³/mol. The van der Waals surface area contributed by atoms with Gasteiger partial charge in [0.25, 0.3) is 0 Å². The Morgan fingerprint density at radius 3 is 2.36 bits per heavy atom. The number of nitrogens with one attached hydrogen (secondary N) is 3. The number of anilines is 1. The number of aliphatic imine (C=N–C) groups is 1. The first kappa shape index (κ1) is 21.3. The molecule has 6 nitrogen and oxygen atoms in total. The van der Waals surface area contributed by atoms with Crippen LogP contribution in [-0.4, -0.2) is 30.6 Å². The summed E-state index contributed by atoms with van der Waals surface area (Å²) in [6.07, 6.45) is 0. The van der Waals surface area contributed by atoms with Gasteiger partial charge in [0.2, 0.25) is 5.91 Å². The highest BCUT2D eigenvalue weighted by molar-refractivity contribution is 5.94. The summed E-state index contributed by atoms with van der Waals surface area (Å²) in [5.74, 6) is 1.26. The molecule has 0 radical (unpaired) electrons. The first-order chi connectivity index (χ1) is 13.4. The van der Waals surface area contributed by atoms with Crippen molar-refractivity contribution in [2.75, 3.05) is 18.4 Å². The largest absolute Gasteiger partial charge is 0.488 e. The summed E-state index contributed by atoms with van der Waals surface area (Å²) in [5, 5.41) is 9.07. The average Bonchev–Trinajstić information content (AvgIpc) is 2.64. The second-order valence-corrected chi connectivity index (χ2v) is 7.29. The van der Waals surface area contributed by atoms with E-state index in [0.29, 0.717) is 19.0 Å². The van der Waals surface area contributed by atoms with Gasteiger partial charge in [-0.1, -0.05) is 36.4 Å². The molecule has 0 unspecified atom stereocenters. The Bertz CT molecular complexity index is 783. The number of amides is 1.